The van der Waals surface area contributed by atoms with Gasteiger partial charge in [0, 0.05) is 75.5 Å². The van der Waals surface area contributed by atoms with Crippen LogP contribution in [-0.2, 0) is 32.5 Å². The third-order valence-corrected chi connectivity index (χ3v) is 15.0. The molecule has 2 aromatic heterocycles. The zero-order valence-electron chi connectivity index (χ0n) is 34.9. The number of halogens is 1. The zero-order chi connectivity index (χ0) is 42.3. The van der Waals surface area contributed by atoms with Gasteiger partial charge < -0.3 is 20.0 Å². The summed E-state index contributed by atoms with van der Waals surface area (Å²) in [6.07, 6.45) is 4.61. The van der Waals surface area contributed by atoms with Crippen molar-refractivity contribution in [1.82, 2.24) is 25.1 Å². The molecule has 0 amide bonds. The number of anilines is 1. The van der Waals surface area contributed by atoms with Crippen LogP contribution in [-0.4, -0.2) is 103 Å². The van der Waals surface area contributed by atoms with E-state index in [2.05, 4.69) is 57.1 Å². The van der Waals surface area contributed by atoms with Crippen LogP contribution in [0.3, 0.4) is 0 Å². The largest absolute Gasteiger partial charge is 0.367 e. The molecule has 2 aliphatic rings. The van der Waals surface area contributed by atoms with Crippen LogP contribution in [0, 0.1) is 13.8 Å². The molecule has 0 unspecified atom stereocenters. The third kappa shape index (κ3) is 10.3. The normalized spacial score (nSPS) is 15.3. The van der Waals surface area contributed by atoms with E-state index in [1.807, 2.05) is 75.4 Å². The van der Waals surface area contributed by atoms with E-state index < -0.39 is 19.7 Å². The summed E-state index contributed by atoms with van der Waals surface area (Å²) in [4.78, 5) is 16.4. The van der Waals surface area contributed by atoms with Crippen LogP contribution in [0.5, 0.6) is 0 Å². The second-order valence-electron chi connectivity index (χ2n) is 15.3. The van der Waals surface area contributed by atoms with Gasteiger partial charge in [0.25, 0.3) is 0 Å². The second kappa shape index (κ2) is 19.3. The average Bonchev–Trinajstić information content (AvgIpc) is 3.24. The smallest absolute Gasteiger partial charge is 0.210 e. The number of nitrogens with zero attached hydrogens (tertiary/aromatic N) is 5. The number of hydrogen-bond acceptors (Lipinski definition) is 10. The van der Waals surface area contributed by atoms with Crippen molar-refractivity contribution in [3.8, 4) is 0 Å². The van der Waals surface area contributed by atoms with Crippen molar-refractivity contribution in [3.05, 3.63) is 125 Å². The Balaban J connectivity index is 0.000000173. The number of aromatic nitrogens is 2. The van der Waals surface area contributed by atoms with E-state index in [0.29, 0.717) is 20.7 Å². The molecule has 0 radical (unpaired) electrons. The summed E-state index contributed by atoms with van der Waals surface area (Å²) in [7, 11) is -3.12. The van der Waals surface area contributed by atoms with E-state index in [1.165, 1.54) is 25.5 Å². The van der Waals surface area contributed by atoms with Crippen LogP contribution in [0.15, 0.2) is 117 Å². The van der Waals surface area contributed by atoms with Crippen LogP contribution in [0.25, 0.3) is 21.8 Å². The molecule has 10 nitrogen and oxygen atoms in total. The Kier molecular flexibility index (Phi) is 14.4. The van der Waals surface area contributed by atoms with Gasteiger partial charge in [0.1, 0.15) is 9.79 Å². The second-order valence-corrected chi connectivity index (χ2v) is 19.5. The summed E-state index contributed by atoms with van der Waals surface area (Å²) in [6, 6.07) is 25.7. The fourth-order valence-corrected chi connectivity index (χ4v) is 10.3. The van der Waals surface area contributed by atoms with E-state index in [9.17, 15) is 16.8 Å². The van der Waals surface area contributed by atoms with Gasteiger partial charge >= 0.3 is 0 Å². The van der Waals surface area contributed by atoms with Gasteiger partial charge in [0.15, 0.2) is 0 Å². The van der Waals surface area contributed by atoms with Gasteiger partial charge in [0.2, 0.25) is 19.7 Å². The number of piperazine rings is 2. The molecule has 0 bridgehead atoms. The SMILES string of the molecule is CCc1ccc(S(=O)(=O)c2cnc3ccc(C)cc3c2Cl)cc1.CCc1ccc(S(=O)(=O)c2cnc3ccc(C)cc3c2N2CCN(C)CC2)cc1.CN1CCNCC1. The number of likely N-dealkylation sites (N-methyl/N-ethyl adjacent to an activating group) is 2. The average molecular weight is 856 g/mol. The van der Waals surface area contributed by atoms with E-state index in [-0.39, 0.29) is 14.8 Å². The molecule has 2 fully saturated rings. The predicted octanol–water partition coefficient (Wildman–Crippen LogP) is 7.80. The minimum atomic E-state index is -3.69. The lowest BCUT2D eigenvalue weighted by Crippen LogP contribution is -2.45. The number of pyridine rings is 2. The molecule has 1 N–H and O–H groups in total. The quantitative estimate of drug-likeness (QED) is 0.171. The molecular formula is C46H55ClN6O4S2. The third-order valence-electron chi connectivity index (χ3n) is 10.9. The standard InChI is InChI=1S/C23H27N3O2S.C18H16ClNO2S.C5H12N2/c1-4-18-6-8-19(9-7-18)29(27,28)22-16-24-21-10-5-17(2)15-20(21)23(22)26-13-11-25(3)12-14-26;1-3-13-5-7-14(8-6-13)23(21,22)17-11-20-16-9-4-12(2)10-15(16)18(17)19;1-7-4-2-6-3-5-7/h5-10,15-16H,4,11-14H2,1-3H3;4-11H,3H2,1-2H3;6H,2-5H2,1H3. The lowest BCUT2D eigenvalue weighted by Gasteiger charge is -2.35. The molecule has 4 heterocycles. The number of rotatable bonds is 7. The van der Waals surface area contributed by atoms with Crippen molar-refractivity contribution in [2.75, 3.05) is 71.4 Å². The minimum absolute atomic E-state index is 0.0431. The van der Waals surface area contributed by atoms with Gasteiger partial charge in [-0.15, -0.1) is 0 Å². The molecular weight excluding hydrogens is 800 g/mol. The molecule has 8 rings (SSSR count). The van der Waals surface area contributed by atoms with E-state index in [1.54, 1.807) is 24.3 Å². The highest BCUT2D eigenvalue weighted by Gasteiger charge is 2.28. The number of aryl methyl sites for hydroxylation is 4. The highest BCUT2D eigenvalue weighted by Crippen LogP contribution is 2.37. The summed E-state index contributed by atoms with van der Waals surface area (Å²) >= 11 is 6.39. The van der Waals surface area contributed by atoms with Crippen molar-refractivity contribution >= 4 is 58.8 Å². The minimum Gasteiger partial charge on any atom is -0.367 e. The van der Waals surface area contributed by atoms with Crippen LogP contribution in [0.1, 0.15) is 36.1 Å². The maximum Gasteiger partial charge on any atom is 0.210 e. The first-order valence-electron chi connectivity index (χ1n) is 20.2. The van der Waals surface area contributed by atoms with Gasteiger partial charge in [-0.3, -0.25) is 9.97 Å². The maximum atomic E-state index is 13.6. The Morgan fingerprint density at radius 1 is 0.593 bits per heavy atom. The number of benzene rings is 4. The molecule has 4 aromatic carbocycles. The molecule has 312 valence electrons. The fourth-order valence-electron chi connectivity index (χ4n) is 7.11. The molecule has 13 heteroatoms. The molecule has 0 saturated carbocycles. The number of hydrogen-bond donors (Lipinski definition) is 1. The van der Waals surface area contributed by atoms with Crippen molar-refractivity contribution < 1.29 is 16.8 Å². The fraction of sp³-hybridized carbons (Fsp3) is 0.348. The van der Waals surface area contributed by atoms with Gasteiger partial charge in [0.05, 0.1) is 31.5 Å². The summed E-state index contributed by atoms with van der Waals surface area (Å²) in [6.45, 7) is 16.2. The van der Waals surface area contributed by atoms with Gasteiger partial charge in [-0.05, 0) is 100 Å². The van der Waals surface area contributed by atoms with Crippen LogP contribution in [0.4, 0.5) is 5.69 Å². The number of sulfone groups is 2. The predicted molar refractivity (Wildman–Crippen MR) is 241 cm³/mol. The Hall–Kier alpha value is -4.43. The molecule has 0 atom stereocenters. The number of nitrogens with one attached hydrogen (secondary N) is 1. The van der Waals surface area contributed by atoms with E-state index in [0.717, 1.165) is 91.0 Å². The van der Waals surface area contributed by atoms with Crippen molar-refractivity contribution in [2.45, 2.75) is 60.1 Å². The van der Waals surface area contributed by atoms with Gasteiger partial charge in [-0.1, -0.05) is 73.0 Å². The zero-order valence-corrected chi connectivity index (χ0v) is 37.3. The van der Waals surface area contributed by atoms with Crippen LogP contribution >= 0.6 is 11.6 Å². The van der Waals surface area contributed by atoms with Crippen molar-refractivity contribution in [3.63, 3.8) is 0 Å². The van der Waals surface area contributed by atoms with Gasteiger partial charge in [-0.25, -0.2) is 16.8 Å². The molecule has 2 aliphatic heterocycles. The molecule has 2 saturated heterocycles. The Morgan fingerprint density at radius 3 is 1.51 bits per heavy atom. The number of fused-ring (bicyclic) bond motifs is 2. The summed E-state index contributed by atoms with van der Waals surface area (Å²) in [5, 5.41) is 5.05. The summed E-state index contributed by atoms with van der Waals surface area (Å²) < 4.78 is 52.9. The first-order chi connectivity index (χ1) is 28.2. The maximum absolute atomic E-state index is 13.6. The van der Waals surface area contributed by atoms with Crippen molar-refractivity contribution in [1.29, 1.82) is 0 Å². The lowest BCUT2D eigenvalue weighted by atomic mass is 10.1. The summed E-state index contributed by atoms with van der Waals surface area (Å²) in [5.74, 6) is 0. The van der Waals surface area contributed by atoms with Crippen LogP contribution < -0.4 is 10.2 Å². The Bertz CT molecular complexity index is 2610. The molecule has 0 spiro atoms. The topological polar surface area (TPSA) is 116 Å². The first kappa shape index (κ1) is 44.1. The van der Waals surface area contributed by atoms with Crippen LogP contribution in [0.2, 0.25) is 5.02 Å². The Morgan fingerprint density at radius 2 is 1.03 bits per heavy atom. The lowest BCUT2D eigenvalue weighted by molar-refractivity contribution is 0.291. The molecule has 0 aliphatic carbocycles. The highest BCUT2D eigenvalue weighted by atomic mass is 35.5. The monoisotopic (exact) mass is 854 g/mol. The summed E-state index contributed by atoms with van der Waals surface area (Å²) in [5.41, 5.74) is 6.59. The highest BCUT2D eigenvalue weighted by molar-refractivity contribution is 7.92. The first-order valence-corrected chi connectivity index (χ1v) is 23.5. The van der Waals surface area contributed by atoms with E-state index in [4.69, 9.17) is 11.6 Å². The van der Waals surface area contributed by atoms with Crippen molar-refractivity contribution in [2.24, 2.45) is 0 Å². The molecule has 6 aromatic rings. The molecule has 59 heavy (non-hydrogen) atoms. The Labute approximate surface area is 355 Å². The van der Waals surface area contributed by atoms with E-state index >= 15 is 0 Å². The van der Waals surface area contributed by atoms with Gasteiger partial charge in [-0.2, -0.15) is 0 Å².